The fourth-order valence-electron chi connectivity index (χ4n) is 4.23. The minimum Gasteiger partial charge on any atom is -0.480 e. The molecule has 0 radical (unpaired) electrons. The molecule has 2 atom stereocenters. The average Bonchev–Trinajstić information content (AvgIpc) is 3.27. The third-order valence-electron chi connectivity index (χ3n) is 5.53. The summed E-state index contributed by atoms with van der Waals surface area (Å²) in [4.78, 5) is 8.49. The molecule has 0 saturated heterocycles. The molecule has 0 aliphatic carbocycles. The third-order valence-corrected chi connectivity index (χ3v) is 5.53. The van der Waals surface area contributed by atoms with Crippen LogP contribution in [0, 0.1) is 5.82 Å². The highest BCUT2D eigenvalue weighted by Crippen LogP contribution is 2.50. The van der Waals surface area contributed by atoms with Crippen LogP contribution in [0.2, 0.25) is 0 Å². The number of benzene rings is 2. The number of nitrogens with zero attached hydrogens (tertiary/aromatic N) is 4. The van der Waals surface area contributed by atoms with E-state index < -0.39 is 12.1 Å². The predicted octanol–water partition coefficient (Wildman–Crippen LogP) is 4.37. The van der Waals surface area contributed by atoms with E-state index in [9.17, 15) is 0 Å². The normalized spacial score (nSPS) is 19.2. The van der Waals surface area contributed by atoms with Gasteiger partial charge in [0.05, 0.1) is 5.70 Å². The van der Waals surface area contributed by atoms with E-state index in [1.807, 2.05) is 42.5 Å². The van der Waals surface area contributed by atoms with Crippen LogP contribution < -0.4 is 10.1 Å². The average molecular weight is 397 g/mol. The quantitative estimate of drug-likeness (QED) is 0.544. The van der Waals surface area contributed by atoms with Gasteiger partial charge in [0.1, 0.15) is 30.0 Å². The van der Waals surface area contributed by atoms with E-state index in [-0.39, 0.29) is 5.82 Å². The molecule has 6 rings (SSSR count). The molecule has 0 spiro atoms. The second-order valence-electron chi connectivity index (χ2n) is 7.18. The highest BCUT2D eigenvalue weighted by atomic mass is 19.1. The Balaban J connectivity index is 1.66. The van der Waals surface area contributed by atoms with Crippen molar-refractivity contribution in [2.45, 2.75) is 12.1 Å². The lowest BCUT2D eigenvalue weighted by Gasteiger charge is -2.38. The fraction of sp³-hybridized carbons (Fsp3) is 0.0870. The second-order valence-corrected chi connectivity index (χ2v) is 7.18. The minimum absolute atomic E-state index is 0.301. The van der Waals surface area contributed by atoms with Crippen LogP contribution in [0.25, 0.3) is 5.70 Å². The summed E-state index contributed by atoms with van der Waals surface area (Å²) < 4.78 is 23.2. The van der Waals surface area contributed by atoms with Crippen LogP contribution in [0.5, 0.6) is 5.75 Å². The largest absolute Gasteiger partial charge is 0.480 e. The van der Waals surface area contributed by atoms with Crippen molar-refractivity contribution >= 4 is 11.6 Å². The third kappa shape index (κ3) is 2.45. The number of halogens is 1. The molecule has 4 heterocycles. The number of para-hydroxylation sites is 1. The molecule has 2 aliphatic heterocycles. The Morgan fingerprint density at radius 2 is 1.77 bits per heavy atom. The molecule has 2 aromatic heterocycles. The first-order valence-corrected chi connectivity index (χ1v) is 9.62. The number of nitrogens with one attached hydrogen (secondary N) is 1. The minimum atomic E-state index is -0.508. The number of hydrogen-bond donors (Lipinski definition) is 1. The van der Waals surface area contributed by atoms with Crippen molar-refractivity contribution in [3.8, 4) is 5.75 Å². The van der Waals surface area contributed by atoms with Crippen molar-refractivity contribution < 1.29 is 9.13 Å². The fourth-order valence-corrected chi connectivity index (χ4v) is 4.23. The van der Waals surface area contributed by atoms with E-state index >= 15 is 4.39 Å². The van der Waals surface area contributed by atoms with Gasteiger partial charge in [0.25, 0.3) is 0 Å². The van der Waals surface area contributed by atoms with E-state index in [0.29, 0.717) is 11.5 Å². The number of fused-ring (bicyclic) bond motifs is 3. The maximum atomic E-state index is 15.0. The molecule has 30 heavy (non-hydrogen) atoms. The van der Waals surface area contributed by atoms with Crippen molar-refractivity contribution in [3.63, 3.8) is 0 Å². The van der Waals surface area contributed by atoms with Gasteiger partial charge in [-0.05, 0) is 35.9 Å². The SMILES string of the molecule is Fc1ccccc1[C@@H]1C2=C(Nc3ncnn31)c1ccccc1O[C@@H]2c1ccncc1. The molecule has 0 bridgehead atoms. The van der Waals surface area contributed by atoms with Gasteiger partial charge in [-0.1, -0.05) is 30.3 Å². The summed E-state index contributed by atoms with van der Waals surface area (Å²) >= 11 is 0. The van der Waals surface area contributed by atoms with Crippen molar-refractivity contribution in [3.05, 3.63) is 107 Å². The number of pyridine rings is 1. The lowest BCUT2D eigenvalue weighted by molar-refractivity contribution is 0.222. The molecular weight excluding hydrogens is 381 g/mol. The van der Waals surface area contributed by atoms with Crippen LogP contribution in [0.3, 0.4) is 0 Å². The molecule has 146 valence electrons. The van der Waals surface area contributed by atoms with Crippen molar-refractivity contribution in [2.24, 2.45) is 0 Å². The molecule has 7 heteroatoms. The van der Waals surface area contributed by atoms with Gasteiger partial charge in [0.2, 0.25) is 5.95 Å². The maximum absolute atomic E-state index is 15.0. The molecule has 2 aromatic carbocycles. The zero-order valence-corrected chi connectivity index (χ0v) is 15.7. The van der Waals surface area contributed by atoms with Gasteiger partial charge >= 0.3 is 0 Å². The monoisotopic (exact) mass is 397 g/mol. The molecular formula is C23H16FN5O. The standard InChI is InChI=1S/C23H16FN5O/c24-17-7-3-1-5-15(17)21-19-20(28-23-26-13-27-29(21)23)16-6-2-4-8-18(16)30-22(19)14-9-11-25-12-10-14/h1-13,21-22H,(H,26,27,28)/t21-,22-/m1/s1. The van der Waals surface area contributed by atoms with Crippen LogP contribution in [0.15, 0.2) is 85.0 Å². The van der Waals surface area contributed by atoms with Gasteiger partial charge in [0.15, 0.2) is 0 Å². The van der Waals surface area contributed by atoms with Crippen molar-refractivity contribution in [1.29, 1.82) is 0 Å². The molecule has 1 N–H and O–H groups in total. The van der Waals surface area contributed by atoms with Gasteiger partial charge in [0, 0.05) is 29.1 Å². The van der Waals surface area contributed by atoms with Gasteiger partial charge in [-0.25, -0.2) is 9.07 Å². The molecule has 0 saturated carbocycles. The molecule has 0 unspecified atom stereocenters. The van der Waals surface area contributed by atoms with Crippen LogP contribution in [0.4, 0.5) is 10.3 Å². The number of hydrogen-bond acceptors (Lipinski definition) is 5. The van der Waals surface area contributed by atoms with Gasteiger partial charge < -0.3 is 10.1 Å². The van der Waals surface area contributed by atoms with Crippen molar-refractivity contribution in [2.75, 3.05) is 5.32 Å². The van der Waals surface area contributed by atoms with E-state index in [0.717, 1.165) is 28.1 Å². The van der Waals surface area contributed by atoms with Crippen LogP contribution in [-0.2, 0) is 0 Å². The van der Waals surface area contributed by atoms with E-state index in [2.05, 4.69) is 20.4 Å². The lowest BCUT2D eigenvalue weighted by Crippen LogP contribution is -2.32. The Morgan fingerprint density at radius 1 is 0.967 bits per heavy atom. The van der Waals surface area contributed by atoms with Crippen LogP contribution in [-0.4, -0.2) is 19.7 Å². The molecule has 0 amide bonds. The maximum Gasteiger partial charge on any atom is 0.226 e. The number of aromatic nitrogens is 4. The second kappa shape index (κ2) is 6.52. The Labute approximate surface area is 171 Å². The molecule has 4 aromatic rings. The Hall–Kier alpha value is -4.00. The number of anilines is 1. The molecule has 0 fully saturated rings. The first kappa shape index (κ1) is 16.9. The predicted molar refractivity (Wildman–Crippen MR) is 109 cm³/mol. The zero-order valence-electron chi connectivity index (χ0n) is 15.7. The Morgan fingerprint density at radius 3 is 2.63 bits per heavy atom. The summed E-state index contributed by atoms with van der Waals surface area (Å²) in [6.07, 6.45) is 4.50. The van der Waals surface area contributed by atoms with Crippen LogP contribution in [0.1, 0.15) is 28.8 Å². The van der Waals surface area contributed by atoms with Gasteiger partial charge in [-0.2, -0.15) is 10.1 Å². The topological polar surface area (TPSA) is 64.9 Å². The first-order chi connectivity index (χ1) is 14.8. The molecule has 2 aliphatic rings. The number of rotatable bonds is 2. The highest BCUT2D eigenvalue weighted by molar-refractivity contribution is 5.85. The summed E-state index contributed by atoms with van der Waals surface area (Å²) in [5.41, 5.74) is 4.10. The van der Waals surface area contributed by atoms with Crippen LogP contribution >= 0.6 is 0 Å². The van der Waals surface area contributed by atoms with Crippen molar-refractivity contribution in [1.82, 2.24) is 19.7 Å². The summed E-state index contributed by atoms with van der Waals surface area (Å²) in [7, 11) is 0. The zero-order chi connectivity index (χ0) is 20.1. The van der Waals surface area contributed by atoms with Gasteiger partial charge in [-0.15, -0.1) is 0 Å². The van der Waals surface area contributed by atoms with E-state index in [1.54, 1.807) is 29.2 Å². The van der Waals surface area contributed by atoms with E-state index in [1.165, 1.54) is 12.4 Å². The summed E-state index contributed by atoms with van der Waals surface area (Å²) in [5.74, 6) is 1.02. The lowest BCUT2D eigenvalue weighted by atomic mass is 9.84. The molecule has 6 nitrogen and oxygen atoms in total. The van der Waals surface area contributed by atoms with E-state index in [4.69, 9.17) is 4.74 Å². The number of ether oxygens (including phenoxy) is 1. The summed E-state index contributed by atoms with van der Waals surface area (Å²) in [6, 6.07) is 17.9. The smallest absolute Gasteiger partial charge is 0.226 e. The Bertz CT molecular complexity index is 1280. The summed E-state index contributed by atoms with van der Waals surface area (Å²) in [6.45, 7) is 0. The first-order valence-electron chi connectivity index (χ1n) is 9.62. The summed E-state index contributed by atoms with van der Waals surface area (Å²) in [5, 5.41) is 7.81. The highest BCUT2D eigenvalue weighted by Gasteiger charge is 2.41. The Kier molecular flexibility index (Phi) is 3.67. The van der Waals surface area contributed by atoms with Gasteiger partial charge in [-0.3, -0.25) is 4.98 Å².